The Morgan fingerprint density at radius 3 is 2.81 bits per heavy atom. The topological polar surface area (TPSA) is 46.5 Å². The second-order valence-electron chi connectivity index (χ2n) is 3.44. The molecule has 0 aliphatic carbocycles. The Morgan fingerprint density at radius 1 is 1.69 bits per heavy atom. The second kappa shape index (κ2) is 5.30. The van der Waals surface area contributed by atoms with E-state index in [2.05, 4.69) is 15.9 Å². The lowest BCUT2D eigenvalue weighted by Crippen LogP contribution is -2.01. The van der Waals surface area contributed by atoms with Crippen LogP contribution in [0.15, 0.2) is 10.5 Å². The standard InChI is InChI=1S/C11H12BrFO3/c1-6(3-4-14)9-7(12)5-8(16-2)11(15)10(9)13/h4-6,15H,3H2,1-2H3. The number of hydrogen-bond donors (Lipinski definition) is 1. The molecule has 0 saturated heterocycles. The molecule has 1 aromatic rings. The predicted molar refractivity (Wildman–Crippen MR) is 61.4 cm³/mol. The Hall–Kier alpha value is -1.10. The molecule has 0 saturated carbocycles. The molecule has 1 aromatic carbocycles. The maximum atomic E-state index is 13.8. The van der Waals surface area contributed by atoms with E-state index in [1.807, 2.05) is 0 Å². The van der Waals surface area contributed by atoms with Crippen molar-refractivity contribution >= 4 is 22.2 Å². The van der Waals surface area contributed by atoms with Crippen LogP contribution < -0.4 is 4.74 Å². The highest BCUT2D eigenvalue weighted by atomic mass is 79.9. The molecule has 16 heavy (non-hydrogen) atoms. The van der Waals surface area contributed by atoms with Gasteiger partial charge in [0.1, 0.15) is 6.29 Å². The molecule has 1 N–H and O–H groups in total. The summed E-state index contributed by atoms with van der Waals surface area (Å²) in [6, 6.07) is 1.48. The van der Waals surface area contributed by atoms with Crippen molar-refractivity contribution in [1.82, 2.24) is 0 Å². The number of aldehydes is 1. The van der Waals surface area contributed by atoms with Gasteiger partial charge in [-0.15, -0.1) is 0 Å². The van der Waals surface area contributed by atoms with Gasteiger partial charge in [0.05, 0.1) is 7.11 Å². The first-order valence-corrected chi connectivity index (χ1v) is 5.50. The quantitative estimate of drug-likeness (QED) is 0.867. The Balaban J connectivity index is 3.29. The third-order valence-electron chi connectivity index (χ3n) is 2.36. The molecule has 0 spiro atoms. The van der Waals surface area contributed by atoms with Gasteiger partial charge in [0.2, 0.25) is 0 Å². The molecule has 5 heteroatoms. The molecule has 0 aromatic heterocycles. The minimum absolute atomic E-state index is 0.0615. The monoisotopic (exact) mass is 290 g/mol. The fourth-order valence-electron chi connectivity index (χ4n) is 1.47. The summed E-state index contributed by atoms with van der Waals surface area (Å²) in [6.45, 7) is 1.71. The predicted octanol–water partition coefficient (Wildman–Crippen LogP) is 2.99. The molecule has 0 amide bonds. The highest BCUT2D eigenvalue weighted by molar-refractivity contribution is 9.10. The van der Waals surface area contributed by atoms with Gasteiger partial charge in [-0.05, 0) is 12.0 Å². The van der Waals surface area contributed by atoms with Gasteiger partial charge >= 0.3 is 0 Å². The van der Waals surface area contributed by atoms with Gasteiger partial charge in [-0.3, -0.25) is 0 Å². The Labute approximate surface area is 101 Å². The molecular formula is C11H12BrFO3. The summed E-state index contributed by atoms with van der Waals surface area (Å²) in [4.78, 5) is 10.4. The van der Waals surface area contributed by atoms with Crippen molar-refractivity contribution < 1.29 is 19.0 Å². The van der Waals surface area contributed by atoms with Crippen LogP contribution in [0, 0.1) is 5.82 Å². The average Bonchev–Trinajstić information content (AvgIpc) is 2.24. The van der Waals surface area contributed by atoms with Crippen molar-refractivity contribution in [2.24, 2.45) is 0 Å². The van der Waals surface area contributed by atoms with Crippen molar-refractivity contribution in [2.75, 3.05) is 7.11 Å². The van der Waals surface area contributed by atoms with Gasteiger partial charge in [-0.1, -0.05) is 22.9 Å². The molecule has 1 unspecified atom stereocenters. The van der Waals surface area contributed by atoms with E-state index in [1.165, 1.54) is 13.2 Å². The first-order valence-electron chi connectivity index (χ1n) is 4.71. The van der Waals surface area contributed by atoms with Crippen LogP contribution in [0.2, 0.25) is 0 Å². The molecule has 0 aliphatic heterocycles. The molecule has 0 bridgehead atoms. The fourth-order valence-corrected chi connectivity index (χ4v) is 2.24. The summed E-state index contributed by atoms with van der Waals surface area (Å²) in [6.07, 6.45) is 0.916. The van der Waals surface area contributed by atoms with Crippen LogP contribution in [-0.2, 0) is 4.79 Å². The van der Waals surface area contributed by atoms with Crippen LogP contribution in [0.4, 0.5) is 4.39 Å². The number of ether oxygens (including phenoxy) is 1. The summed E-state index contributed by atoms with van der Waals surface area (Å²) < 4.78 is 19.1. The fraction of sp³-hybridized carbons (Fsp3) is 0.364. The zero-order chi connectivity index (χ0) is 12.3. The van der Waals surface area contributed by atoms with Crippen LogP contribution in [0.5, 0.6) is 11.5 Å². The minimum atomic E-state index is -0.749. The van der Waals surface area contributed by atoms with Crippen molar-refractivity contribution in [3.05, 3.63) is 21.9 Å². The molecule has 0 heterocycles. The van der Waals surface area contributed by atoms with Crippen LogP contribution in [0.3, 0.4) is 0 Å². The van der Waals surface area contributed by atoms with Crippen LogP contribution in [0.1, 0.15) is 24.8 Å². The lowest BCUT2D eigenvalue weighted by molar-refractivity contribution is -0.108. The number of hydrogen-bond acceptors (Lipinski definition) is 3. The van der Waals surface area contributed by atoms with Gasteiger partial charge < -0.3 is 14.6 Å². The van der Waals surface area contributed by atoms with E-state index in [0.29, 0.717) is 4.47 Å². The molecule has 0 radical (unpaired) electrons. The molecule has 0 aliphatic rings. The molecule has 3 nitrogen and oxygen atoms in total. The molecule has 1 rings (SSSR count). The van der Waals surface area contributed by atoms with Gasteiger partial charge in [0, 0.05) is 16.5 Å². The normalized spacial score (nSPS) is 12.2. The number of benzene rings is 1. The van der Waals surface area contributed by atoms with Gasteiger partial charge in [0.15, 0.2) is 17.3 Å². The summed E-state index contributed by atoms with van der Waals surface area (Å²) >= 11 is 3.20. The summed E-state index contributed by atoms with van der Waals surface area (Å²) in [5.41, 5.74) is 0.283. The number of methoxy groups -OCH3 is 1. The van der Waals surface area contributed by atoms with Crippen molar-refractivity contribution in [1.29, 1.82) is 0 Å². The average molecular weight is 291 g/mol. The van der Waals surface area contributed by atoms with E-state index in [4.69, 9.17) is 4.74 Å². The van der Waals surface area contributed by atoms with Gasteiger partial charge in [-0.2, -0.15) is 0 Å². The highest BCUT2D eigenvalue weighted by Crippen LogP contribution is 2.39. The van der Waals surface area contributed by atoms with Gasteiger partial charge in [-0.25, -0.2) is 4.39 Å². The first-order chi connectivity index (χ1) is 7.52. The third kappa shape index (κ3) is 2.35. The maximum absolute atomic E-state index is 13.8. The zero-order valence-electron chi connectivity index (χ0n) is 8.96. The summed E-state index contributed by atoms with van der Waals surface area (Å²) in [5.74, 6) is -1.52. The first kappa shape index (κ1) is 13.0. The van der Waals surface area contributed by atoms with E-state index in [0.717, 1.165) is 6.29 Å². The lowest BCUT2D eigenvalue weighted by atomic mass is 9.97. The van der Waals surface area contributed by atoms with Crippen molar-refractivity contribution in [3.63, 3.8) is 0 Å². The summed E-state index contributed by atoms with van der Waals surface area (Å²) in [7, 11) is 1.34. The highest BCUT2D eigenvalue weighted by Gasteiger charge is 2.21. The van der Waals surface area contributed by atoms with E-state index in [1.54, 1.807) is 6.92 Å². The van der Waals surface area contributed by atoms with Crippen LogP contribution >= 0.6 is 15.9 Å². The maximum Gasteiger partial charge on any atom is 0.194 e. The number of phenols is 1. The Bertz CT molecular complexity index is 407. The molecule has 1 atom stereocenters. The van der Waals surface area contributed by atoms with Crippen molar-refractivity contribution in [2.45, 2.75) is 19.3 Å². The zero-order valence-corrected chi connectivity index (χ0v) is 10.5. The molecule has 88 valence electrons. The number of phenolic OH excluding ortho intramolecular Hbond substituents is 1. The van der Waals surface area contributed by atoms with Crippen LogP contribution in [0.25, 0.3) is 0 Å². The SMILES string of the molecule is COc1cc(Br)c(C(C)CC=O)c(F)c1O. The second-order valence-corrected chi connectivity index (χ2v) is 4.29. The Kier molecular flexibility index (Phi) is 4.29. The molecule has 0 fully saturated rings. The van der Waals surface area contributed by atoms with Gasteiger partial charge in [0.25, 0.3) is 0 Å². The van der Waals surface area contributed by atoms with E-state index in [9.17, 15) is 14.3 Å². The summed E-state index contributed by atoms with van der Waals surface area (Å²) in [5, 5.41) is 9.51. The van der Waals surface area contributed by atoms with E-state index >= 15 is 0 Å². The number of carbonyl (C=O) groups excluding carboxylic acids is 1. The molecular weight excluding hydrogens is 279 g/mol. The lowest BCUT2D eigenvalue weighted by Gasteiger charge is -2.15. The minimum Gasteiger partial charge on any atom is -0.502 e. The number of halogens is 2. The Morgan fingerprint density at radius 2 is 2.31 bits per heavy atom. The van der Waals surface area contributed by atoms with E-state index in [-0.39, 0.29) is 23.7 Å². The largest absolute Gasteiger partial charge is 0.502 e. The third-order valence-corrected chi connectivity index (χ3v) is 3.01. The van der Waals surface area contributed by atoms with Crippen molar-refractivity contribution in [3.8, 4) is 11.5 Å². The number of carbonyl (C=O) groups is 1. The smallest absolute Gasteiger partial charge is 0.194 e. The number of rotatable bonds is 4. The van der Waals surface area contributed by atoms with Crippen LogP contribution in [-0.4, -0.2) is 18.5 Å². The number of aromatic hydroxyl groups is 1. The van der Waals surface area contributed by atoms with E-state index < -0.39 is 11.6 Å².